The second kappa shape index (κ2) is 5.54. The van der Waals surface area contributed by atoms with Gasteiger partial charge in [0.2, 0.25) is 6.41 Å². The minimum atomic E-state index is 0.703. The molecule has 3 heteroatoms. The number of amides is 1. The van der Waals surface area contributed by atoms with Gasteiger partial charge in [0.1, 0.15) is 0 Å². The first kappa shape index (κ1) is 13.5. The van der Waals surface area contributed by atoms with Crippen molar-refractivity contribution in [2.45, 2.75) is 0 Å². The lowest BCUT2D eigenvalue weighted by molar-refractivity contribution is -0.105. The van der Waals surface area contributed by atoms with Crippen molar-refractivity contribution in [3.05, 3.63) is 72.9 Å². The highest BCUT2D eigenvalue weighted by molar-refractivity contribution is 6.06. The van der Waals surface area contributed by atoms with Gasteiger partial charge < -0.3 is 5.32 Å². The number of fused-ring (bicyclic) bond motifs is 3. The van der Waals surface area contributed by atoms with Crippen molar-refractivity contribution in [1.82, 2.24) is 4.98 Å². The van der Waals surface area contributed by atoms with Gasteiger partial charge in [-0.3, -0.25) is 9.78 Å². The molecule has 0 aliphatic carbocycles. The molecule has 4 rings (SSSR count). The largest absolute Gasteiger partial charge is 0.328 e. The summed E-state index contributed by atoms with van der Waals surface area (Å²) in [7, 11) is 0. The quantitative estimate of drug-likeness (QED) is 0.443. The van der Waals surface area contributed by atoms with E-state index >= 15 is 0 Å². The number of hydrogen-bond acceptors (Lipinski definition) is 2. The first-order chi connectivity index (χ1) is 11.4. The van der Waals surface area contributed by atoms with Gasteiger partial charge in [0.25, 0.3) is 0 Å². The average Bonchev–Trinajstić information content (AvgIpc) is 2.62. The molecule has 0 spiro atoms. The van der Waals surface area contributed by atoms with Crippen molar-refractivity contribution in [2.24, 2.45) is 0 Å². The summed E-state index contributed by atoms with van der Waals surface area (Å²) in [5, 5.41) is 6.17. The van der Waals surface area contributed by atoms with Crippen LogP contribution in [0.3, 0.4) is 0 Å². The molecule has 0 fully saturated rings. The number of anilines is 1. The lowest BCUT2D eigenvalue weighted by Crippen LogP contribution is -1.96. The number of carbonyl (C=O) groups excluding carboxylic acids is 1. The zero-order valence-corrected chi connectivity index (χ0v) is 12.4. The van der Waals surface area contributed by atoms with Crippen molar-refractivity contribution in [3.8, 4) is 11.1 Å². The van der Waals surface area contributed by atoms with E-state index in [1.165, 1.54) is 5.39 Å². The van der Waals surface area contributed by atoms with E-state index in [-0.39, 0.29) is 0 Å². The standard InChI is InChI=1S/C20H14N2O/c23-13-22-19-7-3-1-5-17(19)14-9-10-16-15(11-14)12-21-20-8-4-2-6-18(16)20/h1-13H,(H,22,23). The van der Waals surface area contributed by atoms with Crippen LogP contribution in [0.15, 0.2) is 72.9 Å². The van der Waals surface area contributed by atoms with Crippen LogP contribution in [0, 0.1) is 0 Å². The Morgan fingerprint density at radius 3 is 2.61 bits per heavy atom. The SMILES string of the molecule is O=CNc1ccccc1-c1ccc2c(cnc3ccccc32)c1. The second-order valence-electron chi connectivity index (χ2n) is 5.39. The Balaban J connectivity index is 1.93. The number of carbonyl (C=O) groups is 1. The van der Waals surface area contributed by atoms with Crippen LogP contribution in [-0.4, -0.2) is 11.4 Å². The first-order valence-electron chi connectivity index (χ1n) is 7.44. The predicted octanol–water partition coefficient (Wildman–Crippen LogP) is 4.62. The lowest BCUT2D eigenvalue weighted by Gasteiger charge is -2.10. The molecular formula is C20H14N2O. The lowest BCUT2D eigenvalue weighted by atomic mass is 9.99. The minimum absolute atomic E-state index is 0.703. The summed E-state index contributed by atoms with van der Waals surface area (Å²) < 4.78 is 0. The second-order valence-corrected chi connectivity index (χ2v) is 5.39. The summed E-state index contributed by atoms with van der Waals surface area (Å²) in [6.45, 7) is 0. The molecule has 0 aliphatic heterocycles. The molecule has 4 aromatic rings. The molecule has 0 aliphatic rings. The van der Waals surface area contributed by atoms with Gasteiger partial charge in [-0.15, -0.1) is 0 Å². The van der Waals surface area contributed by atoms with Gasteiger partial charge in [-0.2, -0.15) is 0 Å². The third-order valence-electron chi connectivity index (χ3n) is 4.04. The van der Waals surface area contributed by atoms with E-state index in [9.17, 15) is 4.79 Å². The summed E-state index contributed by atoms with van der Waals surface area (Å²) in [5.41, 5.74) is 3.85. The van der Waals surface area contributed by atoms with E-state index in [2.05, 4.69) is 34.6 Å². The van der Waals surface area contributed by atoms with Crippen LogP contribution in [0.5, 0.6) is 0 Å². The van der Waals surface area contributed by atoms with Gasteiger partial charge in [0.15, 0.2) is 0 Å². The third kappa shape index (κ3) is 2.32. The van der Waals surface area contributed by atoms with Crippen LogP contribution in [0.2, 0.25) is 0 Å². The van der Waals surface area contributed by atoms with Crippen LogP contribution in [0.25, 0.3) is 32.8 Å². The number of aromatic nitrogens is 1. The molecule has 1 aromatic heterocycles. The first-order valence-corrected chi connectivity index (χ1v) is 7.44. The van der Waals surface area contributed by atoms with Gasteiger partial charge in [0.05, 0.1) is 5.52 Å². The topological polar surface area (TPSA) is 42.0 Å². The third-order valence-corrected chi connectivity index (χ3v) is 4.04. The molecule has 1 amide bonds. The van der Waals surface area contributed by atoms with Crippen LogP contribution in [0.1, 0.15) is 0 Å². The molecule has 3 nitrogen and oxygen atoms in total. The molecule has 3 aromatic carbocycles. The van der Waals surface area contributed by atoms with E-state index in [1.807, 2.05) is 48.7 Å². The molecular weight excluding hydrogens is 284 g/mol. The van der Waals surface area contributed by atoms with Crippen LogP contribution in [-0.2, 0) is 4.79 Å². The fraction of sp³-hybridized carbons (Fsp3) is 0. The van der Waals surface area contributed by atoms with Crippen LogP contribution in [0.4, 0.5) is 5.69 Å². The normalized spacial score (nSPS) is 10.8. The maximum absolute atomic E-state index is 10.8. The van der Waals surface area contributed by atoms with Crippen molar-refractivity contribution in [3.63, 3.8) is 0 Å². The summed E-state index contributed by atoms with van der Waals surface area (Å²) in [5.74, 6) is 0. The molecule has 0 bridgehead atoms. The summed E-state index contributed by atoms with van der Waals surface area (Å²) in [6, 6.07) is 22.2. The Morgan fingerprint density at radius 1 is 0.870 bits per heavy atom. The maximum atomic E-state index is 10.8. The number of benzene rings is 3. The smallest absolute Gasteiger partial charge is 0.211 e. The predicted molar refractivity (Wildman–Crippen MR) is 94.4 cm³/mol. The van der Waals surface area contributed by atoms with E-state index < -0.39 is 0 Å². The Kier molecular flexibility index (Phi) is 3.24. The Hall–Kier alpha value is -3.20. The van der Waals surface area contributed by atoms with E-state index in [1.54, 1.807) is 0 Å². The highest BCUT2D eigenvalue weighted by atomic mass is 16.1. The molecule has 23 heavy (non-hydrogen) atoms. The Morgan fingerprint density at radius 2 is 1.70 bits per heavy atom. The Bertz CT molecular complexity index is 1020. The van der Waals surface area contributed by atoms with Gasteiger partial charge in [-0.1, -0.05) is 48.5 Å². The molecule has 1 heterocycles. The fourth-order valence-corrected chi connectivity index (χ4v) is 2.96. The zero-order valence-electron chi connectivity index (χ0n) is 12.4. The van der Waals surface area contributed by atoms with Crippen molar-refractivity contribution in [2.75, 3.05) is 5.32 Å². The molecule has 0 saturated heterocycles. The maximum Gasteiger partial charge on any atom is 0.211 e. The number of nitrogens with one attached hydrogen (secondary N) is 1. The number of pyridine rings is 1. The van der Waals surface area contributed by atoms with Crippen molar-refractivity contribution < 1.29 is 4.79 Å². The van der Waals surface area contributed by atoms with Gasteiger partial charge in [-0.25, -0.2) is 0 Å². The summed E-state index contributed by atoms with van der Waals surface area (Å²) >= 11 is 0. The van der Waals surface area contributed by atoms with E-state index in [4.69, 9.17) is 0 Å². The highest BCUT2D eigenvalue weighted by Crippen LogP contribution is 2.32. The molecule has 1 N–H and O–H groups in total. The number of rotatable bonds is 3. The number of hydrogen-bond donors (Lipinski definition) is 1. The fourth-order valence-electron chi connectivity index (χ4n) is 2.96. The average molecular weight is 298 g/mol. The van der Waals surface area contributed by atoms with E-state index in [0.29, 0.717) is 6.41 Å². The minimum Gasteiger partial charge on any atom is -0.328 e. The summed E-state index contributed by atoms with van der Waals surface area (Å²) in [6.07, 6.45) is 2.60. The molecule has 0 atom stereocenters. The molecule has 0 radical (unpaired) electrons. The highest BCUT2D eigenvalue weighted by Gasteiger charge is 2.07. The molecule has 110 valence electrons. The number of para-hydroxylation sites is 2. The molecule has 0 unspecified atom stereocenters. The van der Waals surface area contributed by atoms with Gasteiger partial charge >= 0.3 is 0 Å². The van der Waals surface area contributed by atoms with Gasteiger partial charge in [-0.05, 0) is 29.1 Å². The van der Waals surface area contributed by atoms with Crippen molar-refractivity contribution in [1.29, 1.82) is 0 Å². The number of nitrogens with zero attached hydrogens (tertiary/aromatic N) is 1. The van der Waals surface area contributed by atoms with Crippen LogP contribution < -0.4 is 5.32 Å². The van der Waals surface area contributed by atoms with Gasteiger partial charge in [0, 0.05) is 28.2 Å². The summed E-state index contributed by atoms with van der Waals surface area (Å²) in [4.78, 5) is 15.3. The zero-order chi connectivity index (χ0) is 15.6. The Labute approximate surface area is 133 Å². The monoisotopic (exact) mass is 298 g/mol. The van der Waals surface area contributed by atoms with Crippen LogP contribution >= 0.6 is 0 Å². The van der Waals surface area contributed by atoms with Crippen molar-refractivity contribution >= 4 is 33.8 Å². The molecule has 0 saturated carbocycles. The van der Waals surface area contributed by atoms with E-state index in [0.717, 1.165) is 33.1 Å².